The van der Waals surface area contributed by atoms with Crippen molar-refractivity contribution in [1.29, 1.82) is 0 Å². The molecule has 1 N–H and O–H groups in total. The lowest BCUT2D eigenvalue weighted by Gasteiger charge is -2.20. The summed E-state index contributed by atoms with van der Waals surface area (Å²) in [5.41, 5.74) is 0.182. The highest BCUT2D eigenvalue weighted by atomic mass is 79.9. The maximum absolute atomic E-state index is 11.8. The molecule has 0 saturated carbocycles. The van der Waals surface area contributed by atoms with Gasteiger partial charge in [-0.3, -0.25) is 9.59 Å². The highest BCUT2D eigenvalue weighted by Crippen LogP contribution is 2.08. The Morgan fingerprint density at radius 1 is 1.47 bits per heavy atom. The number of rotatable bonds is 2. The van der Waals surface area contributed by atoms with Crippen LogP contribution in [0.25, 0.3) is 0 Å². The average Bonchev–Trinajstić information content (AvgIpc) is 2.10. The minimum absolute atomic E-state index is 0.0381. The molecule has 0 unspecified atom stereocenters. The molecule has 1 amide bonds. The predicted octanol–water partition coefficient (Wildman–Crippen LogP) is 1.83. The van der Waals surface area contributed by atoms with Crippen LogP contribution >= 0.6 is 15.9 Å². The molecular formula is C12H17BrN2O2. The van der Waals surface area contributed by atoms with Crippen LogP contribution in [0.3, 0.4) is 0 Å². The molecule has 0 aromatic carbocycles. The summed E-state index contributed by atoms with van der Waals surface area (Å²) in [6.45, 7) is 7.47. The number of carbonyl (C=O) groups is 1. The van der Waals surface area contributed by atoms with E-state index in [9.17, 15) is 9.59 Å². The van der Waals surface area contributed by atoms with E-state index in [1.54, 1.807) is 19.2 Å². The average molecular weight is 301 g/mol. The van der Waals surface area contributed by atoms with Crippen molar-refractivity contribution in [2.45, 2.75) is 39.8 Å². The lowest BCUT2D eigenvalue weighted by molar-refractivity contribution is -0.123. The normalized spacial score (nSPS) is 11.4. The standard InChI is InChI=1S/C12H17BrN2O2/c1-8-5-9(13)6-15(11(8)17)7-10(16)14-12(2,3)4/h5-6H,7H2,1-4H3,(H,14,16). The van der Waals surface area contributed by atoms with Gasteiger partial charge in [0, 0.05) is 21.8 Å². The number of aromatic nitrogens is 1. The fourth-order valence-electron chi connectivity index (χ4n) is 1.47. The predicted molar refractivity (Wildman–Crippen MR) is 71.0 cm³/mol. The summed E-state index contributed by atoms with van der Waals surface area (Å²) >= 11 is 3.31. The van der Waals surface area contributed by atoms with E-state index in [1.807, 2.05) is 20.8 Å². The summed E-state index contributed by atoms with van der Waals surface area (Å²) in [7, 11) is 0. The molecule has 94 valence electrons. The summed E-state index contributed by atoms with van der Waals surface area (Å²) in [5, 5.41) is 2.82. The van der Waals surface area contributed by atoms with Crippen LogP contribution in [0.2, 0.25) is 0 Å². The summed E-state index contributed by atoms with van der Waals surface area (Å²) in [6, 6.07) is 1.74. The lowest BCUT2D eigenvalue weighted by Crippen LogP contribution is -2.43. The van der Waals surface area contributed by atoms with Crippen LogP contribution in [-0.2, 0) is 11.3 Å². The Balaban J connectivity index is 2.89. The van der Waals surface area contributed by atoms with Crippen molar-refractivity contribution < 1.29 is 4.79 Å². The van der Waals surface area contributed by atoms with E-state index in [0.717, 1.165) is 4.47 Å². The Morgan fingerprint density at radius 3 is 2.59 bits per heavy atom. The van der Waals surface area contributed by atoms with Crippen molar-refractivity contribution in [3.8, 4) is 0 Å². The lowest BCUT2D eigenvalue weighted by atomic mass is 10.1. The fourth-order valence-corrected chi connectivity index (χ4v) is 2.06. The Bertz CT molecular complexity index is 486. The second kappa shape index (κ2) is 5.04. The largest absolute Gasteiger partial charge is 0.350 e. The van der Waals surface area contributed by atoms with Crippen molar-refractivity contribution in [3.63, 3.8) is 0 Å². The molecule has 0 aliphatic rings. The van der Waals surface area contributed by atoms with Gasteiger partial charge in [-0.15, -0.1) is 0 Å². The number of nitrogens with one attached hydrogen (secondary N) is 1. The molecule has 1 rings (SSSR count). The second-order valence-electron chi connectivity index (χ2n) is 5.07. The fraction of sp³-hybridized carbons (Fsp3) is 0.500. The molecular weight excluding hydrogens is 284 g/mol. The number of hydrogen-bond donors (Lipinski definition) is 1. The van der Waals surface area contributed by atoms with Gasteiger partial charge in [-0.2, -0.15) is 0 Å². The first-order valence-electron chi connectivity index (χ1n) is 5.36. The van der Waals surface area contributed by atoms with Gasteiger partial charge in [-0.1, -0.05) is 0 Å². The van der Waals surface area contributed by atoms with Crippen molar-refractivity contribution >= 4 is 21.8 Å². The van der Waals surface area contributed by atoms with Gasteiger partial charge in [0.05, 0.1) is 0 Å². The van der Waals surface area contributed by atoms with E-state index in [-0.39, 0.29) is 23.6 Å². The Hall–Kier alpha value is -1.10. The molecule has 0 aliphatic heterocycles. The molecule has 0 radical (unpaired) electrons. The number of halogens is 1. The van der Waals surface area contributed by atoms with Crippen LogP contribution in [-0.4, -0.2) is 16.0 Å². The quantitative estimate of drug-likeness (QED) is 0.906. The molecule has 0 saturated heterocycles. The minimum Gasteiger partial charge on any atom is -0.350 e. The van der Waals surface area contributed by atoms with E-state index < -0.39 is 0 Å². The Kier molecular flexibility index (Phi) is 4.14. The number of amides is 1. The van der Waals surface area contributed by atoms with E-state index >= 15 is 0 Å². The zero-order valence-electron chi connectivity index (χ0n) is 10.5. The number of nitrogens with zero attached hydrogens (tertiary/aromatic N) is 1. The maximum atomic E-state index is 11.8. The zero-order valence-corrected chi connectivity index (χ0v) is 12.1. The van der Waals surface area contributed by atoms with Crippen molar-refractivity contribution in [1.82, 2.24) is 9.88 Å². The van der Waals surface area contributed by atoms with Gasteiger partial charge in [0.2, 0.25) is 5.91 Å². The first-order chi connectivity index (χ1) is 7.69. The van der Waals surface area contributed by atoms with Crippen LogP contribution < -0.4 is 10.9 Å². The third-order valence-corrected chi connectivity index (χ3v) is 2.49. The topological polar surface area (TPSA) is 51.1 Å². The minimum atomic E-state index is -0.290. The van der Waals surface area contributed by atoms with E-state index in [4.69, 9.17) is 0 Å². The summed E-state index contributed by atoms with van der Waals surface area (Å²) in [6.07, 6.45) is 1.62. The zero-order chi connectivity index (χ0) is 13.2. The van der Waals surface area contributed by atoms with Gasteiger partial charge in [0.15, 0.2) is 0 Å². The van der Waals surface area contributed by atoms with E-state index in [1.165, 1.54) is 4.57 Å². The van der Waals surface area contributed by atoms with Gasteiger partial charge in [0.1, 0.15) is 6.54 Å². The van der Waals surface area contributed by atoms with Crippen LogP contribution in [0.4, 0.5) is 0 Å². The van der Waals surface area contributed by atoms with Crippen LogP contribution in [0.1, 0.15) is 26.3 Å². The molecule has 0 atom stereocenters. The summed E-state index contributed by atoms with van der Waals surface area (Å²) in [4.78, 5) is 23.5. The van der Waals surface area contributed by atoms with Gasteiger partial charge < -0.3 is 9.88 Å². The highest BCUT2D eigenvalue weighted by molar-refractivity contribution is 9.10. The molecule has 1 aromatic rings. The van der Waals surface area contributed by atoms with Gasteiger partial charge in [-0.25, -0.2) is 0 Å². The van der Waals surface area contributed by atoms with E-state index in [0.29, 0.717) is 5.56 Å². The highest BCUT2D eigenvalue weighted by Gasteiger charge is 2.14. The van der Waals surface area contributed by atoms with Gasteiger partial charge in [-0.05, 0) is 49.7 Å². The number of aryl methyl sites for hydroxylation is 1. The molecule has 1 aromatic heterocycles. The van der Waals surface area contributed by atoms with Crippen molar-refractivity contribution in [2.24, 2.45) is 0 Å². The monoisotopic (exact) mass is 300 g/mol. The first-order valence-corrected chi connectivity index (χ1v) is 6.16. The van der Waals surface area contributed by atoms with Crippen molar-refractivity contribution in [3.05, 3.63) is 32.7 Å². The number of carbonyl (C=O) groups excluding carboxylic acids is 1. The molecule has 0 spiro atoms. The summed E-state index contributed by atoms with van der Waals surface area (Å²) < 4.78 is 2.19. The SMILES string of the molecule is Cc1cc(Br)cn(CC(=O)NC(C)(C)C)c1=O. The van der Waals surface area contributed by atoms with E-state index in [2.05, 4.69) is 21.2 Å². The smallest absolute Gasteiger partial charge is 0.253 e. The molecule has 17 heavy (non-hydrogen) atoms. The third kappa shape index (κ3) is 4.34. The van der Waals surface area contributed by atoms with Crippen LogP contribution in [0.15, 0.2) is 21.5 Å². The Morgan fingerprint density at radius 2 is 2.06 bits per heavy atom. The van der Waals surface area contributed by atoms with Gasteiger partial charge in [0.25, 0.3) is 5.56 Å². The third-order valence-electron chi connectivity index (χ3n) is 2.06. The molecule has 4 nitrogen and oxygen atoms in total. The molecule has 0 bridgehead atoms. The molecule has 0 aliphatic carbocycles. The van der Waals surface area contributed by atoms with Crippen molar-refractivity contribution in [2.75, 3.05) is 0 Å². The number of pyridine rings is 1. The molecule has 5 heteroatoms. The van der Waals surface area contributed by atoms with Crippen LogP contribution in [0.5, 0.6) is 0 Å². The molecule has 1 heterocycles. The number of hydrogen-bond acceptors (Lipinski definition) is 2. The summed E-state index contributed by atoms with van der Waals surface area (Å²) in [5.74, 6) is -0.169. The van der Waals surface area contributed by atoms with Gasteiger partial charge >= 0.3 is 0 Å². The van der Waals surface area contributed by atoms with Crippen LogP contribution in [0, 0.1) is 6.92 Å². The maximum Gasteiger partial charge on any atom is 0.253 e. The Labute approximate surface area is 109 Å². The first kappa shape index (κ1) is 14.0. The second-order valence-corrected chi connectivity index (χ2v) is 5.99. The molecule has 0 fully saturated rings.